The quantitative estimate of drug-likeness (QED) is 0.880. The van der Waals surface area contributed by atoms with Crippen LogP contribution in [0.2, 0.25) is 0 Å². The molecule has 0 spiro atoms. The van der Waals surface area contributed by atoms with Gasteiger partial charge in [-0.05, 0) is 24.3 Å². The maximum atomic E-state index is 10.9. The largest absolute Gasteiger partial charge is 0.489 e. The molecule has 0 saturated carbocycles. The molecule has 124 valence electrons. The monoisotopic (exact) mass is 355 g/mol. The number of carbonyl (C=O) groups is 1. The van der Waals surface area contributed by atoms with Crippen molar-refractivity contribution in [3.05, 3.63) is 35.3 Å². The van der Waals surface area contributed by atoms with Gasteiger partial charge in [0.1, 0.15) is 16.9 Å². The van der Waals surface area contributed by atoms with Gasteiger partial charge in [0.2, 0.25) is 0 Å². The maximum absolute atomic E-state index is 10.9. The van der Waals surface area contributed by atoms with Crippen LogP contribution in [0.4, 0.5) is 4.79 Å². The second-order valence-electron chi connectivity index (χ2n) is 5.12. The van der Waals surface area contributed by atoms with Crippen LogP contribution >= 0.6 is 23.7 Å². The normalized spacial score (nSPS) is 16.9. The number of hydrogen-bond acceptors (Lipinski definition) is 5. The minimum atomic E-state index is -0.888. The molecule has 6 nitrogen and oxygen atoms in total. The van der Waals surface area contributed by atoms with Gasteiger partial charge >= 0.3 is 6.09 Å². The fraction of sp³-hybridized carbons (Fsp3) is 0.333. The van der Waals surface area contributed by atoms with Crippen molar-refractivity contribution in [1.82, 2.24) is 9.88 Å². The molecule has 1 amide bonds. The zero-order valence-electron chi connectivity index (χ0n) is 12.3. The third-order valence-electron chi connectivity index (χ3n) is 3.57. The number of aromatic nitrogens is 1. The highest BCUT2D eigenvalue weighted by molar-refractivity contribution is 7.15. The van der Waals surface area contributed by atoms with E-state index in [2.05, 4.69) is 4.98 Å². The lowest BCUT2D eigenvalue weighted by atomic mass is 10.2. The lowest BCUT2D eigenvalue weighted by Crippen LogP contribution is -2.29. The Hall–Kier alpha value is -1.83. The third-order valence-corrected chi connectivity index (χ3v) is 4.64. The number of rotatable bonds is 4. The van der Waals surface area contributed by atoms with Crippen molar-refractivity contribution in [2.24, 2.45) is 5.73 Å². The van der Waals surface area contributed by atoms with Gasteiger partial charge in [0.05, 0.1) is 6.54 Å². The van der Waals surface area contributed by atoms with E-state index in [0.29, 0.717) is 19.6 Å². The number of nitrogens with zero attached hydrogens (tertiary/aromatic N) is 2. The molecule has 0 aliphatic carbocycles. The van der Waals surface area contributed by atoms with Crippen molar-refractivity contribution in [1.29, 1.82) is 0 Å². The summed E-state index contributed by atoms with van der Waals surface area (Å²) in [6.07, 6.45) is 1.55. The summed E-state index contributed by atoms with van der Waals surface area (Å²) in [5, 5.41) is 9.87. The van der Waals surface area contributed by atoms with Crippen LogP contribution in [0.15, 0.2) is 30.5 Å². The van der Waals surface area contributed by atoms with Crippen LogP contribution in [0.25, 0.3) is 10.6 Å². The molecule has 1 aliphatic rings. The van der Waals surface area contributed by atoms with Crippen LogP contribution in [0, 0.1) is 0 Å². The summed E-state index contributed by atoms with van der Waals surface area (Å²) < 4.78 is 5.83. The molecule has 3 N–H and O–H groups in total. The van der Waals surface area contributed by atoms with Crippen LogP contribution in [-0.2, 0) is 6.54 Å². The zero-order valence-corrected chi connectivity index (χ0v) is 14.0. The molecule has 23 heavy (non-hydrogen) atoms. The van der Waals surface area contributed by atoms with Gasteiger partial charge in [0, 0.05) is 36.1 Å². The molecule has 0 radical (unpaired) electrons. The number of likely N-dealkylation sites (tertiary alicyclic amines) is 1. The summed E-state index contributed by atoms with van der Waals surface area (Å²) in [5.74, 6) is 0.747. The van der Waals surface area contributed by atoms with E-state index in [4.69, 9.17) is 15.6 Å². The number of nitrogens with two attached hydrogens (primary N) is 1. The minimum absolute atomic E-state index is 0. The van der Waals surface area contributed by atoms with Gasteiger partial charge < -0.3 is 20.5 Å². The van der Waals surface area contributed by atoms with Crippen molar-refractivity contribution in [2.75, 3.05) is 13.1 Å². The van der Waals surface area contributed by atoms with Gasteiger partial charge in [-0.2, -0.15) is 0 Å². The highest BCUT2D eigenvalue weighted by atomic mass is 35.5. The minimum Gasteiger partial charge on any atom is -0.489 e. The van der Waals surface area contributed by atoms with Crippen LogP contribution in [0.5, 0.6) is 5.75 Å². The Bertz CT molecular complexity index is 662. The Morgan fingerprint density at radius 3 is 2.74 bits per heavy atom. The number of ether oxygens (including phenoxy) is 1. The van der Waals surface area contributed by atoms with Crippen molar-refractivity contribution in [3.8, 4) is 16.3 Å². The van der Waals surface area contributed by atoms with Crippen molar-refractivity contribution >= 4 is 29.8 Å². The van der Waals surface area contributed by atoms with Crippen LogP contribution in [-0.4, -0.2) is 40.3 Å². The first-order valence-corrected chi connectivity index (χ1v) is 7.87. The lowest BCUT2D eigenvalue weighted by Gasteiger charge is -2.14. The molecular formula is C15H18ClN3O3S. The fourth-order valence-electron chi connectivity index (χ4n) is 2.40. The molecule has 1 unspecified atom stereocenters. The van der Waals surface area contributed by atoms with Gasteiger partial charge in [0.25, 0.3) is 0 Å². The van der Waals surface area contributed by atoms with Crippen molar-refractivity contribution in [2.45, 2.75) is 19.1 Å². The Morgan fingerprint density at radius 1 is 1.43 bits per heavy atom. The molecular weight excluding hydrogens is 338 g/mol. The van der Waals surface area contributed by atoms with E-state index in [1.165, 1.54) is 4.90 Å². The Balaban J connectivity index is 0.00000192. The average molecular weight is 356 g/mol. The second kappa shape index (κ2) is 7.63. The van der Waals surface area contributed by atoms with Gasteiger partial charge in [-0.3, -0.25) is 0 Å². The molecule has 8 heteroatoms. The summed E-state index contributed by atoms with van der Waals surface area (Å²) >= 11 is 1.58. The van der Waals surface area contributed by atoms with E-state index in [1.807, 2.05) is 24.3 Å². The van der Waals surface area contributed by atoms with Crippen molar-refractivity contribution < 1.29 is 14.6 Å². The summed E-state index contributed by atoms with van der Waals surface area (Å²) in [5.41, 5.74) is 6.62. The second-order valence-corrected chi connectivity index (χ2v) is 6.23. The van der Waals surface area contributed by atoms with Crippen LogP contribution in [0.3, 0.4) is 0 Å². The van der Waals surface area contributed by atoms with Crippen LogP contribution < -0.4 is 10.5 Å². The molecule has 1 aromatic heterocycles. The van der Waals surface area contributed by atoms with Gasteiger partial charge in [0.15, 0.2) is 0 Å². The predicted molar refractivity (Wildman–Crippen MR) is 91.3 cm³/mol. The van der Waals surface area contributed by atoms with Crippen molar-refractivity contribution in [3.63, 3.8) is 0 Å². The predicted octanol–water partition coefficient (Wildman–Crippen LogP) is 2.82. The summed E-state index contributed by atoms with van der Waals surface area (Å²) in [6.45, 7) is 1.45. The molecule has 1 fully saturated rings. The number of amides is 1. The van der Waals surface area contributed by atoms with Gasteiger partial charge in [-0.25, -0.2) is 9.78 Å². The Labute approximate surface area is 144 Å². The number of benzene rings is 1. The average Bonchev–Trinajstić information content (AvgIpc) is 3.17. The first kappa shape index (κ1) is 17.5. The maximum Gasteiger partial charge on any atom is 0.407 e. The van der Waals surface area contributed by atoms with Crippen LogP contribution in [0.1, 0.15) is 11.3 Å². The molecule has 1 saturated heterocycles. The Morgan fingerprint density at radius 2 is 2.17 bits per heavy atom. The lowest BCUT2D eigenvalue weighted by molar-refractivity contribution is 0.145. The van der Waals surface area contributed by atoms with E-state index < -0.39 is 6.09 Å². The zero-order chi connectivity index (χ0) is 15.5. The van der Waals surface area contributed by atoms with E-state index in [9.17, 15) is 4.79 Å². The molecule has 1 aliphatic heterocycles. The molecule has 1 aromatic carbocycles. The Kier molecular flexibility index (Phi) is 5.81. The van der Waals surface area contributed by atoms with E-state index in [-0.39, 0.29) is 18.5 Å². The summed E-state index contributed by atoms with van der Waals surface area (Å²) in [7, 11) is 0. The molecule has 2 aromatic rings. The highest BCUT2D eigenvalue weighted by Gasteiger charge is 2.27. The standard InChI is InChI=1S/C15H17N3O3S.ClH/c16-7-13-8-17-14(22-13)10-1-3-11(4-2-10)21-12-5-6-18(9-12)15(19)20;/h1-4,8,12H,5-7,9,16H2,(H,19,20);1H. The van der Waals surface area contributed by atoms with Gasteiger partial charge in [-0.1, -0.05) is 0 Å². The molecule has 3 rings (SSSR count). The van der Waals surface area contributed by atoms with E-state index in [1.54, 1.807) is 17.5 Å². The SMILES string of the molecule is Cl.NCc1cnc(-c2ccc(OC3CCN(C(=O)O)C3)cc2)s1. The first-order valence-electron chi connectivity index (χ1n) is 7.05. The summed E-state index contributed by atoms with van der Waals surface area (Å²) in [6, 6.07) is 7.70. The smallest absolute Gasteiger partial charge is 0.407 e. The summed E-state index contributed by atoms with van der Waals surface area (Å²) in [4.78, 5) is 17.7. The molecule has 1 atom stereocenters. The van der Waals surface area contributed by atoms with Gasteiger partial charge in [-0.15, -0.1) is 23.7 Å². The number of halogens is 1. The van der Waals surface area contributed by atoms with E-state index in [0.717, 1.165) is 27.6 Å². The molecule has 2 heterocycles. The highest BCUT2D eigenvalue weighted by Crippen LogP contribution is 2.27. The number of thiazole rings is 1. The first-order chi connectivity index (χ1) is 10.7. The fourth-order valence-corrected chi connectivity index (χ4v) is 3.20. The molecule has 0 bridgehead atoms. The topological polar surface area (TPSA) is 88.7 Å². The van der Waals surface area contributed by atoms with E-state index >= 15 is 0 Å². The number of carboxylic acid groups (broad SMARTS) is 1. The third kappa shape index (κ3) is 4.13. The number of hydrogen-bond donors (Lipinski definition) is 2.